The van der Waals surface area contributed by atoms with E-state index in [1.165, 1.54) is 11.3 Å². The van der Waals surface area contributed by atoms with Crippen LogP contribution in [0.3, 0.4) is 0 Å². The number of thiazole rings is 1. The number of benzene rings is 1. The Labute approximate surface area is 148 Å². The summed E-state index contributed by atoms with van der Waals surface area (Å²) in [7, 11) is 0. The quantitative estimate of drug-likeness (QED) is 0.719. The van der Waals surface area contributed by atoms with Crippen molar-refractivity contribution in [3.63, 3.8) is 0 Å². The van der Waals surface area contributed by atoms with E-state index >= 15 is 0 Å². The lowest BCUT2D eigenvalue weighted by atomic mass is 10.0. The Hall–Kier alpha value is -2.74. The summed E-state index contributed by atoms with van der Waals surface area (Å²) < 4.78 is 5.62. The highest BCUT2D eigenvalue weighted by Crippen LogP contribution is 2.25. The van der Waals surface area contributed by atoms with E-state index in [1.54, 1.807) is 47.7 Å². The van der Waals surface area contributed by atoms with Crippen molar-refractivity contribution in [1.82, 2.24) is 24.9 Å². The number of amides is 1. The molecule has 0 unspecified atom stereocenters. The molecule has 0 aliphatic carbocycles. The minimum absolute atomic E-state index is 0.0488. The van der Waals surface area contributed by atoms with Gasteiger partial charge in [-0.05, 0) is 37.1 Å². The van der Waals surface area contributed by atoms with Crippen molar-refractivity contribution in [3.8, 4) is 10.9 Å². The van der Waals surface area contributed by atoms with E-state index in [0.717, 1.165) is 12.8 Å². The molecular weight excluding hydrogens is 338 g/mol. The van der Waals surface area contributed by atoms with Gasteiger partial charge in [-0.15, -0.1) is 0 Å². The van der Waals surface area contributed by atoms with Gasteiger partial charge in [-0.1, -0.05) is 11.3 Å². The smallest absolute Gasteiger partial charge is 0.278 e. The van der Waals surface area contributed by atoms with Gasteiger partial charge in [0.05, 0.1) is 18.4 Å². The number of ether oxygens (including phenoxy) is 1. The summed E-state index contributed by atoms with van der Waals surface area (Å²) in [5.41, 5.74) is 0.669. The first-order valence-corrected chi connectivity index (χ1v) is 9.00. The van der Waals surface area contributed by atoms with Crippen molar-refractivity contribution >= 4 is 17.2 Å². The summed E-state index contributed by atoms with van der Waals surface area (Å²) in [4.78, 5) is 20.4. The zero-order chi connectivity index (χ0) is 17.1. The van der Waals surface area contributed by atoms with Crippen LogP contribution in [0.5, 0.6) is 10.9 Å². The average molecular weight is 355 g/mol. The second-order valence-electron chi connectivity index (χ2n) is 5.80. The standard InChI is InChI=1S/C17H17N5O2S/c23-16(21-10-5-14(6-11-21)22-19-7-8-20-22)13-1-3-15(4-2-13)24-17-18-9-12-25-17/h1-4,7-9,12,14H,5-6,10-11H2. The second kappa shape index (κ2) is 7.02. The minimum Gasteiger partial charge on any atom is -0.431 e. The molecule has 0 radical (unpaired) electrons. The van der Waals surface area contributed by atoms with Crippen molar-refractivity contribution in [3.05, 3.63) is 53.8 Å². The monoisotopic (exact) mass is 355 g/mol. The minimum atomic E-state index is 0.0488. The molecule has 3 heterocycles. The van der Waals surface area contributed by atoms with Crippen LogP contribution in [-0.4, -0.2) is 43.9 Å². The van der Waals surface area contributed by atoms with E-state index < -0.39 is 0 Å². The Kier molecular flexibility index (Phi) is 4.43. The van der Waals surface area contributed by atoms with Gasteiger partial charge in [0.15, 0.2) is 0 Å². The largest absolute Gasteiger partial charge is 0.431 e. The van der Waals surface area contributed by atoms with E-state index in [9.17, 15) is 4.79 Å². The molecule has 7 nitrogen and oxygen atoms in total. The highest BCUT2D eigenvalue weighted by Gasteiger charge is 2.25. The maximum Gasteiger partial charge on any atom is 0.278 e. The molecule has 1 aromatic carbocycles. The van der Waals surface area contributed by atoms with Gasteiger partial charge in [0.1, 0.15) is 5.75 Å². The summed E-state index contributed by atoms with van der Waals surface area (Å²) in [6, 6.07) is 7.47. The molecule has 0 spiro atoms. The fourth-order valence-electron chi connectivity index (χ4n) is 2.92. The molecule has 0 bridgehead atoms. The molecule has 3 aromatic rings. The van der Waals surface area contributed by atoms with Gasteiger partial charge in [-0.2, -0.15) is 15.0 Å². The molecule has 0 atom stereocenters. The van der Waals surface area contributed by atoms with Gasteiger partial charge in [0, 0.05) is 30.2 Å². The lowest BCUT2D eigenvalue weighted by molar-refractivity contribution is 0.0684. The third-order valence-corrected chi connectivity index (χ3v) is 4.88. The number of nitrogens with zero attached hydrogens (tertiary/aromatic N) is 5. The molecule has 0 N–H and O–H groups in total. The first-order chi connectivity index (χ1) is 12.3. The molecule has 2 aromatic heterocycles. The number of carbonyl (C=O) groups excluding carboxylic acids is 1. The molecule has 1 amide bonds. The topological polar surface area (TPSA) is 73.1 Å². The van der Waals surface area contributed by atoms with Crippen molar-refractivity contribution < 1.29 is 9.53 Å². The number of likely N-dealkylation sites (tertiary alicyclic amines) is 1. The van der Waals surface area contributed by atoms with Crippen LogP contribution in [-0.2, 0) is 0 Å². The van der Waals surface area contributed by atoms with Gasteiger partial charge in [0.25, 0.3) is 11.1 Å². The first kappa shape index (κ1) is 15.8. The van der Waals surface area contributed by atoms with E-state index in [2.05, 4.69) is 15.2 Å². The van der Waals surface area contributed by atoms with Crippen molar-refractivity contribution in [2.75, 3.05) is 13.1 Å². The van der Waals surface area contributed by atoms with Crippen LogP contribution in [0.4, 0.5) is 0 Å². The van der Waals surface area contributed by atoms with Gasteiger partial charge < -0.3 is 9.64 Å². The molecule has 1 fully saturated rings. The molecular formula is C17H17N5O2S. The first-order valence-electron chi connectivity index (χ1n) is 8.12. The Morgan fingerprint density at radius 3 is 2.44 bits per heavy atom. The maximum atomic E-state index is 12.7. The molecule has 8 heteroatoms. The number of piperidine rings is 1. The Morgan fingerprint density at radius 2 is 1.80 bits per heavy atom. The molecule has 1 aliphatic heterocycles. The predicted octanol–water partition coefficient (Wildman–Crippen LogP) is 3.00. The average Bonchev–Trinajstić information content (AvgIpc) is 3.36. The van der Waals surface area contributed by atoms with Crippen LogP contribution < -0.4 is 4.74 Å². The third-order valence-electron chi connectivity index (χ3n) is 4.23. The van der Waals surface area contributed by atoms with E-state index in [4.69, 9.17) is 4.74 Å². The van der Waals surface area contributed by atoms with Gasteiger partial charge in [0.2, 0.25) is 0 Å². The Balaban J connectivity index is 1.36. The number of aromatic nitrogens is 4. The Bertz CT molecular complexity index is 809. The molecule has 25 heavy (non-hydrogen) atoms. The lowest BCUT2D eigenvalue weighted by Crippen LogP contribution is -2.39. The van der Waals surface area contributed by atoms with Crippen molar-refractivity contribution in [1.29, 1.82) is 0 Å². The fraction of sp³-hybridized carbons (Fsp3) is 0.294. The number of carbonyl (C=O) groups is 1. The third kappa shape index (κ3) is 3.53. The molecule has 0 saturated carbocycles. The molecule has 128 valence electrons. The van der Waals surface area contributed by atoms with Crippen LogP contribution >= 0.6 is 11.3 Å². The van der Waals surface area contributed by atoms with Crippen LogP contribution in [0.15, 0.2) is 48.2 Å². The van der Waals surface area contributed by atoms with E-state index in [-0.39, 0.29) is 11.9 Å². The fourth-order valence-corrected chi connectivity index (χ4v) is 3.43. The Morgan fingerprint density at radius 1 is 1.08 bits per heavy atom. The van der Waals surface area contributed by atoms with Crippen LogP contribution in [0.1, 0.15) is 29.2 Å². The zero-order valence-electron chi connectivity index (χ0n) is 13.5. The van der Waals surface area contributed by atoms with Gasteiger partial charge in [-0.3, -0.25) is 4.79 Å². The van der Waals surface area contributed by atoms with Crippen molar-refractivity contribution in [2.45, 2.75) is 18.9 Å². The summed E-state index contributed by atoms with van der Waals surface area (Å²) in [6.07, 6.45) is 6.80. The second-order valence-corrected chi connectivity index (χ2v) is 6.65. The van der Waals surface area contributed by atoms with Crippen LogP contribution in [0.25, 0.3) is 0 Å². The van der Waals surface area contributed by atoms with Gasteiger partial charge in [-0.25, -0.2) is 4.98 Å². The number of rotatable bonds is 4. The van der Waals surface area contributed by atoms with Gasteiger partial charge >= 0.3 is 0 Å². The zero-order valence-corrected chi connectivity index (χ0v) is 14.3. The predicted molar refractivity (Wildman–Crippen MR) is 92.8 cm³/mol. The number of hydrogen-bond acceptors (Lipinski definition) is 6. The molecule has 1 saturated heterocycles. The molecule has 1 aliphatic rings. The maximum absolute atomic E-state index is 12.7. The number of hydrogen-bond donors (Lipinski definition) is 0. The normalized spacial score (nSPS) is 15.3. The highest BCUT2D eigenvalue weighted by molar-refractivity contribution is 7.11. The lowest BCUT2D eigenvalue weighted by Gasteiger charge is -2.31. The van der Waals surface area contributed by atoms with E-state index in [1.807, 2.05) is 10.3 Å². The highest BCUT2D eigenvalue weighted by atomic mass is 32.1. The summed E-state index contributed by atoms with van der Waals surface area (Å²) in [5, 5.41) is 10.8. The summed E-state index contributed by atoms with van der Waals surface area (Å²) >= 11 is 1.43. The van der Waals surface area contributed by atoms with Crippen molar-refractivity contribution in [2.24, 2.45) is 0 Å². The molecule has 4 rings (SSSR count). The summed E-state index contributed by atoms with van der Waals surface area (Å²) in [6.45, 7) is 1.42. The van der Waals surface area contributed by atoms with E-state index in [0.29, 0.717) is 29.6 Å². The van der Waals surface area contributed by atoms with Crippen LogP contribution in [0, 0.1) is 0 Å². The SMILES string of the molecule is O=C(c1ccc(Oc2nccs2)cc1)N1CCC(n2nccn2)CC1. The van der Waals surface area contributed by atoms with Crippen LogP contribution in [0.2, 0.25) is 0 Å². The summed E-state index contributed by atoms with van der Waals surface area (Å²) in [5.74, 6) is 0.725.